The number of nitrogens with zero attached hydrogens (tertiary/aromatic N) is 2. The van der Waals surface area contributed by atoms with Crippen LogP contribution in [0.1, 0.15) is 28.9 Å². The Bertz CT molecular complexity index is 821. The van der Waals surface area contributed by atoms with Gasteiger partial charge in [0.2, 0.25) is 0 Å². The summed E-state index contributed by atoms with van der Waals surface area (Å²) >= 11 is 1.71. The molecule has 1 N–H and O–H groups in total. The van der Waals surface area contributed by atoms with E-state index < -0.39 is 0 Å². The number of aryl methyl sites for hydroxylation is 1. The third kappa shape index (κ3) is 5.03. The standard InChI is InChI=1S/C20H23N3O2S/c1-3-20-23-17(14-26-20)12-21-11-15-10-18(24-2)7-8-19(15)25-13-16-6-4-5-9-22-16/h4-10,14,21H,3,11-13H2,1-2H3. The molecule has 26 heavy (non-hydrogen) atoms. The summed E-state index contributed by atoms with van der Waals surface area (Å²) < 4.78 is 11.3. The second kappa shape index (κ2) is 9.31. The molecule has 0 amide bonds. The van der Waals surface area contributed by atoms with Crippen LogP contribution in [-0.4, -0.2) is 17.1 Å². The maximum Gasteiger partial charge on any atom is 0.130 e. The van der Waals surface area contributed by atoms with E-state index in [1.807, 2.05) is 36.4 Å². The van der Waals surface area contributed by atoms with E-state index in [0.29, 0.717) is 13.2 Å². The van der Waals surface area contributed by atoms with Crippen LogP contribution in [0.4, 0.5) is 0 Å². The molecule has 0 radical (unpaired) electrons. The Balaban J connectivity index is 1.63. The lowest BCUT2D eigenvalue weighted by Gasteiger charge is -2.13. The Hall–Kier alpha value is -2.44. The van der Waals surface area contributed by atoms with E-state index in [4.69, 9.17) is 9.47 Å². The van der Waals surface area contributed by atoms with Crippen molar-refractivity contribution in [2.75, 3.05) is 7.11 Å². The van der Waals surface area contributed by atoms with Gasteiger partial charge in [0.15, 0.2) is 0 Å². The maximum absolute atomic E-state index is 5.98. The van der Waals surface area contributed by atoms with Gasteiger partial charge < -0.3 is 14.8 Å². The van der Waals surface area contributed by atoms with Crippen molar-refractivity contribution in [3.63, 3.8) is 0 Å². The zero-order valence-electron chi connectivity index (χ0n) is 15.1. The Morgan fingerprint density at radius 2 is 2.04 bits per heavy atom. The summed E-state index contributed by atoms with van der Waals surface area (Å²) in [7, 11) is 1.67. The average molecular weight is 369 g/mol. The minimum Gasteiger partial charge on any atom is -0.497 e. The maximum atomic E-state index is 5.98. The van der Waals surface area contributed by atoms with Gasteiger partial charge in [-0.3, -0.25) is 4.98 Å². The minimum atomic E-state index is 0.437. The van der Waals surface area contributed by atoms with Crippen molar-refractivity contribution in [1.29, 1.82) is 0 Å². The van der Waals surface area contributed by atoms with Gasteiger partial charge in [-0.2, -0.15) is 0 Å². The van der Waals surface area contributed by atoms with Gasteiger partial charge in [-0.1, -0.05) is 13.0 Å². The molecule has 2 aromatic heterocycles. The number of ether oxygens (including phenoxy) is 2. The summed E-state index contributed by atoms with van der Waals surface area (Å²) in [5.74, 6) is 1.64. The second-order valence-corrected chi connectivity index (χ2v) is 6.72. The van der Waals surface area contributed by atoms with E-state index in [2.05, 4.69) is 27.6 Å². The highest BCUT2D eigenvalue weighted by atomic mass is 32.1. The Morgan fingerprint density at radius 3 is 2.77 bits per heavy atom. The molecule has 2 heterocycles. The molecule has 0 aliphatic carbocycles. The second-order valence-electron chi connectivity index (χ2n) is 5.77. The summed E-state index contributed by atoms with van der Waals surface area (Å²) in [6.07, 6.45) is 2.75. The van der Waals surface area contributed by atoms with Crippen molar-refractivity contribution >= 4 is 11.3 Å². The topological polar surface area (TPSA) is 56.3 Å². The largest absolute Gasteiger partial charge is 0.497 e. The van der Waals surface area contributed by atoms with Crippen LogP contribution in [0.2, 0.25) is 0 Å². The zero-order chi connectivity index (χ0) is 18.2. The summed E-state index contributed by atoms with van der Waals surface area (Å²) in [4.78, 5) is 8.88. The molecule has 0 aliphatic heterocycles. The first kappa shape index (κ1) is 18.4. The van der Waals surface area contributed by atoms with E-state index in [1.165, 1.54) is 5.01 Å². The van der Waals surface area contributed by atoms with E-state index in [1.54, 1.807) is 24.6 Å². The smallest absolute Gasteiger partial charge is 0.130 e. The van der Waals surface area contributed by atoms with Gasteiger partial charge in [0, 0.05) is 30.2 Å². The highest BCUT2D eigenvalue weighted by Crippen LogP contribution is 2.25. The SMILES string of the molecule is CCc1nc(CNCc2cc(OC)ccc2OCc2ccccn2)cs1. The highest BCUT2D eigenvalue weighted by molar-refractivity contribution is 7.09. The molecule has 136 valence electrons. The normalized spacial score (nSPS) is 10.7. The van der Waals surface area contributed by atoms with Gasteiger partial charge in [-0.05, 0) is 36.8 Å². The van der Waals surface area contributed by atoms with Gasteiger partial charge in [-0.25, -0.2) is 4.98 Å². The third-order valence-corrected chi connectivity index (χ3v) is 4.93. The first-order chi connectivity index (χ1) is 12.8. The van der Waals surface area contributed by atoms with Gasteiger partial charge >= 0.3 is 0 Å². The number of hydrogen-bond donors (Lipinski definition) is 1. The fraction of sp³-hybridized carbons (Fsp3) is 0.300. The van der Waals surface area contributed by atoms with E-state index in [9.17, 15) is 0 Å². The average Bonchev–Trinajstić information content (AvgIpc) is 3.15. The number of benzene rings is 1. The van der Waals surface area contributed by atoms with Crippen molar-refractivity contribution < 1.29 is 9.47 Å². The molecule has 0 fully saturated rings. The highest BCUT2D eigenvalue weighted by Gasteiger charge is 2.08. The fourth-order valence-electron chi connectivity index (χ4n) is 2.51. The number of nitrogens with one attached hydrogen (secondary N) is 1. The number of aromatic nitrogens is 2. The van der Waals surface area contributed by atoms with Crippen LogP contribution >= 0.6 is 11.3 Å². The molecule has 0 atom stereocenters. The van der Waals surface area contributed by atoms with Gasteiger partial charge in [0.1, 0.15) is 18.1 Å². The molecule has 0 unspecified atom stereocenters. The molecular formula is C20H23N3O2S. The number of pyridine rings is 1. The summed E-state index contributed by atoms with van der Waals surface area (Å²) in [5.41, 5.74) is 3.02. The van der Waals surface area contributed by atoms with Crippen LogP contribution in [0, 0.1) is 0 Å². The first-order valence-electron chi connectivity index (χ1n) is 8.62. The first-order valence-corrected chi connectivity index (χ1v) is 9.50. The van der Waals surface area contributed by atoms with Crippen molar-refractivity contribution in [2.24, 2.45) is 0 Å². The van der Waals surface area contributed by atoms with E-state index >= 15 is 0 Å². The number of methoxy groups -OCH3 is 1. The molecule has 6 heteroatoms. The van der Waals surface area contributed by atoms with Crippen LogP contribution in [0.25, 0.3) is 0 Å². The molecule has 5 nitrogen and oxygen atoms in total. The van der Waals surface area contributed by atoms with Gasteiger partial charge in [-0.15, -0.1) is 11.3 Å². The van der Waals surface area contributed by atoms with Gasteiger partial charge in [0.25, 0.3) is 0 Å². The van der Waals surface area contributed by atoms with Crippen LogP contribution in [0.15, 0.2) is 48.0 Å². The van der Waals surface area contributed by atoms with Crippen molar-refractivity contribution in [1.82, 2.24) is 15.3 Å². The molecule has 3 rings (SSSR count). The quantitative estimate of drug-likeness (QED) is 0.618. The molecule has 0 saturated carbocycles. The summed E-state index contributed by atoms with van der Waals surface area (Å²) in [6, 6.07) is 11.7. The number of hydrogen-bond acceptors (Lipinski definition) is 6. The Kier molecular flexibility index (Phi) is 6.57. The summed E-state index contributed by atoms with van der Waals surface area (Å²) in [5, 5.41) is 6.71. The van der Waals surface area contributed by atoms with Crippen LogP contribution in [-0.2, 0) is 26.1 Å². The Labute approximate surface area is 158 Å². The van der Waals surface area contributed by atoms with Crippen LogP contribution < -0.4 is 14.8 Å². The van der Waals surface area contributed by atoms with Crippen molar-refractivity contribution in [3.05, 3.63) is 69.9 Å². The van der Waals surface area contributed by atoms with E-state index in [0.717, 1.165) is 41.4 Å². The fourth-order valence-corrected chi connectivity index (χ4v) is 3.26. The predicted octanol–water partition coefficient (Wildman–Crippen LogP) is 3.98. The summed E-state index contributed by atoms with van der Waals surface area (Å²) in [6.45, 7) is 3.96. The molecule has 3 aromatic rings. The molecule has 0 spiro atoms. The molecule has 1 aromatic carbocycles. The van der Waals surface area contributed by atoms with Crippen LogP contribution in [0.3, 0.4) is 0 Å². The van der Waals surface area contributed by atoms with Crippen molar-refractivity contribution in [3.8, 4) is 11.5 Å². The number of thiazole rings is 1. The zero-order valence-corrected chi connectivity index (χ0v) is 15.9. The Morgan fingerprint density at radius 1 is 1.12 bits per heavy atom. The lowest BCUT2D eigenvalue weighted by atomic mass is 10.2. The number of rotatable bonds is 9. The van der Waals surface area contributed by atoms with Crippen LogP contribution in [0.5, 0.6) is 11.5 Å². The lowest BCUT2D eigenvalue weighted by molar-refractivity contribution is 0.296. The molecule has 0 saturated heterocycles. The lowest BCUT2D eigenvalue weighted by Crippen LogP contribution is -2.14. The molecular weight excluding hydrogens is 346 g/mol. The molecule has 0 aliphatic rings. The van der Waals surface area contributed by atoms with Crippen molar-refractivity contribution in [2.45, 2.75) is 33.0 Å². The third-order valence-electron chi connectivity index (χ3n) is 3.89. The minimum absolute atomic E-state index is 0.437. The monoisotopic (exact) mass is 369 g/mol. The molecule has 0 bridgehead atoms. The van der Waals surface area contributed by atoms with Gasteiger partial charge in [0.05, 0.1) is 23.5 Å². The van der Waals surface area contributed by atoms with E-state index in [-0.39, 0.29) is 0 Å². The predicted molar refractivity (Wildman–Crippen MR) is 104 cm³/mol.